The average Bonchev–Trinajstić information content (AvgIpc) is 2.61. The summed E-state index contributed by atoms with van der Waals surface area (Å²) in [5, 5.41) is 7.52. The normalized spacial score (nSPS) is 19.7. The number of piperazine rings is 1. The molecule has 0 spiro atoms. The van der Waals surface area contributed by atoms with Gasteiger partial charge in [0.2, 0.25) is 0 Å². The van der Waals surface area contributed by atoms with E-state index in [1.165, 1.54) is 0 Å². The van der Waals surface area contributed by atoms with Gasteiger partial charge in [0.15, 0.2) is 5.96 Å². The number of ether oxygens (including phenoxy) is 1. The Bertz CT molecular complexity index is 581. The number of nitrogens with one attached hydrogen (secondary N) is 2. The Labute approximate surface area is 156 Å². The molecule has 1 unspecified atom stereocenters. The van der Waals surface area contributed by atoms with Crippen LogP contribution in [-0.4, -0.2) is 82.8 Å². The topological polar surface area (TPSA) is 52.1 Å². The summed E-state index contributed by atoms with van der Waals surface area (Å²) >= 11 is 6.29. The summed E-state index contributed by atoms with van der Waals surface area (Å²) in [6, 6.07) is 6.28. The zero-order chi connectivity index (χ0) is 18.2. The van der Waals surface area contributed by atoms with Crippen LogP contribution in [0.1, 0.15) is 5.56 Å². The van der Waals surface area contributed by atoms with Crippen LogP contribution < -0.4 is 15.4 Å². The predicted octanol–water partition coefficient (Wildman–Crippen LogP) is 1.30. The molecule has 0 aromatic heterocycles. The van der Waals surface area contributed by atoms with Crippen LogP contribution in [0.3, 0.4) is 0 Å². The van der Waals surface area contributed by atoms with Crippen molar-refractivity contribution in [2.24, 2.45) is 4.99 Å². The van der Waals surface area contributed by atoms with Gasteiger partial charge in [-0.1, -0.05) is 17.7 Å². The number of aliphatic imine (C=N–C) groups is 1. The van der Waals surface area contributed by atoms with Crippen molar-refractivity contribution in [3.8, 4) is 5.75 Å². The van der Waals surface area contributed by atoms with Crippen molar-refractivity contribution in [3.63, 3.8) is 0 Å². The number of rotatable bonds is 6. The fourth-order valence-corrected chi connectivity index (χ4v) is 3.20. The molecule has 140 valence electrons. The molecule has 7 heteroatoms. The second-order valence-corrected chi connectivity index (χ2v) is 6.89. The summed E-state index contributed by atoms with van der Waals surface area (Å²) in [5.41, 5.74) is 1.10. The molecule has 0 saturated carbocycles. The molecule has 1 saturated heterocycles. The summed E-state index contributed by atoms with van der Waals surface area (Å²) in [5.74, 6) is 1.60. The molecule has 25 heavy (non-hydrogen) atoms. The van der Waals surface area contributed by atoms with Crippen molar-refractivity contribution >= 4 is 17.6 Å². The van der Waals surface area contributed by atoms with Crippen LogP contribution >= 0.6 is 11.6 Å². The largest absolute Gasteiger partial charge is 0.497 e. The highest BCUT2D eigenvalue weighted by Crippen LogP contribution is 2.22. The van der Waals surface area contributed by atoms with E-state index in [9.17, 15) is 0 Å². The van der Waals surface area contributed by atoms with Crippen LogP contribution in [-0.2, 0) is 6.42 Å². The zero-order valence-electron chi connectivity index (χ0n) is 15.7. The van der Waals surface area contributed by atoms with Crippen LogP contribution in [0, 0.1) is 0 Å². The quantitative estimate of drug-likeness (QED) is 0.586. The fourth-order valence-electron chi connectivity index (χ4n) is 2.93. The summed E-state index contributed by atoms with van der Waals surface area (Å²) < 4.78 is 5.18. The second kappa shape index (κ2) is 9.85. The Balaban J connectivity index is 1.77. The van der Waals surface area contributed by atoms with Crippen molar-refractivity contribution in [2.45, 2.75) is 12.5 Å². The van der Waals surface area contributed by atoms with E-state index in [1.807, 2.05) is 18.2 Å². The Morgan fingerprint density at radius 2 is 2.12 bits per heavy atom. The lowest BCUT2D eigenvalue weighted by atomic mass is 10.1. The molecule has 1 aliphatic rings. The van der Waals surface area contributed by atoms with Gasteiger partial charge in [-0.3, -0.25) is 9.89 Å². The SMILES string of the molecule is CN=C(NCCc1ccc(OC)cc1Cl)NCC1CN(C)CCN1C. The predicted molar refractivity (Wildman–Crippen MR) is 105 cm³/mol. The van der Waals surface area contributed by atoms with Crippen LogP contribution in [0.15, 0.2) is 23.2 Å². The first-order chi connectivity index (χ1) is 12.0. The van der Waals surface area contributed by atoms with Crippen LogP contribution in [0.25, 0.3) is 0 Å². The van der Waals surface area contributed by atoms with E-state index in [0.717, 1.165) is 61.4 Å². The molecule has 6 nitrogen and oxygen atoms in total. The van der Waals surface area contributed by atoms with Gasteiger partial charge in [0, 0.05) is 50.8 Å². The summed E-state index contributed by atoms with van der Waals surface area (Å²) in [6.45, 7) is 4.95. The number of guanidine groups is 1. The molecular weight excluding hydrogens is 338 g/mol. The summed E-state index contributed by atoms with van der Waals surface area (Å²) in [4.78, 5) is 9.08. The van der Waals surface area contributed by atoms with E-state index in [-0.39, 0.29) is 0 Å². The molecule has 0 bridgehead atoms. The highest BCUT2D eigenvalue weighted by atomic mass is 35.5. The number of nitrogens with zero attached hydrogens (tertiary/aromatic N) is 3. The maximum Gasteiger partial charge on any atom is 0.191 e. The molecule has 0 amide bonds. The average molecular weight is 368 g/mol. The number of benzene rings is 1. The smallest absolute Gasteiger partial charge is 0.191 e. The second-order valence-electron chi connectivity index (χ2n) is 6.48. The number of methoxy groups -OCH3 is 1. The van der Waals surface area contributed by atoms with Gasteiger partial charge in [-0.15, -0.1) is 0 Å². The van der Waals surface area contributed by atoms with Gasteiger partial charge in [-0.25, -0.2) is 0 Å². The molecule has 1 fully saturated rings. The number of hydrogen-bond acceptors (Lipinski definition) is 4. The molecule has 1 aromatic carbocycles. The maximum absolute atomic E-state index is 6.29. The zero-order valence-corrected chi connectivity index (χ0v) is 16.4. The van der Waals surface area contributed by atoms with Gasteiger partial charge in [0.25, 0.3) is 0 Å². The minimum absolute atomic E-state index is 0.494. The lowest BCUT2D eigenvalue weighted by Gasteiger charge is -2.37. The van der Waals surface area contributed by atoms with E-state index in [2.05, 4.69) is 39.5 Å². The number of hydrogen-bond donors (Lipinski definition) is 2. The van der Waals surface area contributed by atoms with Crippen molar-refractivity contribution in [2.75, 3.05) is 61.0 Å². The van der Waals surface area contributed by atoms with E-state index < -0.39 is 0 Å². The van der Waals surface area contributed by atoms with Gasteiger partial charge in [0.05, 0.1) is 7.11 Å². The Hall–Kier alpha value is -1.50. The summed E-state index contributed by atoms with van der Waals surface area (Å²) in [7, 11) is 7.79. The maximum atomic E-state index is 6.29. The third-order valence-corrected chi connectivity index (χ3v) is 5.01. The first kappa shape index (κ1) is 19.8. The van der Waals surface area contributed by atoms with Gasteiger partial charge < -0.3 is 20.3 Å². The molecule has 1 aromatic rings. The highest BCUT2D eigenvalue weighted by molar-refractivity contribution is 6.31. The van der Waals surface area contributed by atoms with Crippen molar-refractivity contribution < 1.29 is 4.74 Å². The summed E-state index contributed by atoms with van der Waals surface area (Å²) in [6.07, 6.45) is 0.829. The third kappa shape index (κ3) is 6.06. The van der Waals surface area contributed by atoms with E-state index in [0.29, 0.717) is 6.04 Å². The molecule has 2 N–H and O–H groups in total. The standard InChI is InChI=1S/C18H30ClN5O/c1-20-18(22-12-15-13-23(2)9-10-24(15)3)21-8-7-14-5-6-16(25-4)11-17(14)19/h5-6,11,15H,7-10,12-13H2,1-4H3,(H2,20,21,22). The van der Waals surface area contributed by atoms with E-state index >= 15 is 0 Å². The fraction of sp³-hybridized carbons (Fsp3) is 0.611. The van der Waals surface area contributed by atoms with Gasteiger partial charge in [-0.05, 0) is 38.2 Å². The molecule has 2 rings (SSSR count). The Morgan fingerprint density at radius 1 is 1.32 bits per heavy atom. The molecule has 0 radical (unpaired) electrons. The van der Waals surface area contributed by atoms with Crippen LogP contribution in [0.5, 0.6) is 5.75 Å². The van der Waals surface area contributed by atoms with Gasteiger partial charge in [0.1, 0.15) is 5.75 Å². The van der Waals surface area contributed by atoms with Crippen LogP contribution in [0.4, 0.5) is 0 Å². The Morgan fingerprint density at radius 3 is 2.80 bits per heavy atom. The van der Waals surface area contributed by atoms with Crippen molar-refractivity contribution in [1.82, 2.24) is 20.4 Å². The molecule has 1 aliphatic heterocycles. The lowest BCUT2D eigenvalue weighted by molar-refractivity contribution is 0.116. The minimum atomic E-state index is 0.494. The third-order valence-electron chi connectivity index (χ3n) is 4.66. The first-order valence-electron chi connectivity index (χ1n) is 8.69. The number of likely N-dealkylation sites (N-methyl/N-ethyl adjacent to an activating group) is 2. The Kier molecular flexibility index (Phi) is 7.81. The molecule has 0 aliphatic carbocycles. The monoisotopic (exact) mass is 367 g/mol. The van der Waals surface area contributed by atoms with Crippen molar-refractivity contribution in [3.05, 3.63) is 28.8 Å². The van der Waals surface area contributed by atoms with Gasteiger partial charge >= 0.3 is 0 Å². The molecule has 1 atom stereocenters. The lowest BCUT2D eigenvalue weighted by Crippen LogP contribution is -2.55. The van der Waals surface area contributed by atoms with Crippen molar-refractivity contribution in [1.29, 1.82) is 0 Å². The number of halogens is 1. The first-order valence-corrected chi connectivity index (χ1v) is 9.07. The van der Waals surface area contributed by atoms with Gasteiger partial charge in [-0.2, -0.15) is 0 Å². The van der Waals surface area contributed by atoms with Crippen LogP contribution in [0.2, 0.25) is 5.02 Å². The molecular formula is C18H30ClN5O. The minimum Gasteiger partial charge on any atom is -0.497 e. The highest BCUT2D eigenvalue weighted by Gasteiger charge is 2.21. The molecule has 1 heterocycles. The van der Waals surface area contributed by atoms with E-state index in [1.54, 1.807) is 14.2 Å². The van der Waals surface area contributed by atoms with E-state index in [4.69, 9.17) is 16.3 Å².